The van der Waals surface area contributed by atoms with Crippen molar-refractivity contribution in [1.29, 1.82) is 0 Å². The number of carbonyl (C=O) groups excluding carboxylic acids is 1. The van der Waals surface area contributed by atoms with Gasteiger partial charge in [-0.1, -0.05) is 24.3 Å². The van der Waals surface area contributed by atoms with E-state index in [-0.39, 0.29) is 5.91 Å². The van der Waals surface area contributed by atoms with Gasteiger partial charge in [0.15, 0.2) is 5.96 Å². The van der Waals surface area contributed by atoms with Crippen LogP contribution in [0.3, 0.4) is 0 Å². The second kappa shape index (κ2) is 3.59. The lowest BCUT2D eigenvalue weighted by molar-refractivity contribution is -0.126. The van der Waals surface area contributed by atoms with Gasteiger partial charge in [0, 0.05) is 0 Å². The van der Waals surface area contributed by atoms with Gasteiger partial charge in [0.1, 0.15) is 5.54 Å². The van der Waals surface area contributed by atoms with Gasteiger partial charge in [0.05, 0.1) is 0 Å². The summed E-state index contributed by atoms with van der Waals surface area (Å²) >= 11 is 0. The third-order valence-corrected chi connectivity index (χ3v) is 5.07. The Morgan fingerprint density at radius 2 is 1.74 bits per heavy atom. The lowest BCUT2D eigenvalue weighted by Crippen LogP contribution is -2.48. The largest absolute Gasteiger partial charge is 0.370 e. The molecule has 1 saturated carbocycles. The first-order valence-corrected chi connectivity index (χ1v) is 6.93. The van der Waals surface area contributed by atoms with Crippen LogP contribution in [-0.2, 0) is 17.6 Å². The predicted molar refractivity (Wildman–Crippen MR) is 72.6 cm³/mol. The van der Waals surface area contributed by atoms with Gasteiger partial charge in [-0.2, -0.15) is 0 Å². The Bertz CT molecular complexity index is 560. The van der Waals surface area contributed by atoms with E-state index in [2.05, 4.69) is 34.6 Å². The molecule has 4 rings (SSSR count). The zero-order valence-corrected chi connectivity index (χ0v) is 10.7. The average Bonchev–Trinajstić information content (AvgIpc) is 2.79. The SMILES string of the molecule is NC1=NC2(C(=O)N1)C1CCC2Cc2ccccc2C1. The summed E-state index contributed by atoms with van der Waals surface area (Å²) in [6.07, 6.45) is 4.03. The summed E-state index contributed by atoms with van der Waals surface area (Å²) in [5.41, 5.74) is 7.92. The summed E-state index contributed by atoms with van der Waals surface area (Å²) in [7, 11) is 0. The van der Waals surface area contributed by atoms with Gasteiger partial charge in [-0.15, -0.1) is 0 Å². The minimum atomic E-state index is -0.594. The fourth-order valence-corrected chi connectivity index (χ4v) is 4.23. The molecule has 0 saturated heterocycles. The van der Waals surface area contributed by atoms with Crippen molar-refractivity contribution in [3.8, 4) is 0 Å². The van der Waals surface area contributed by atoms with Gasteiger partial charge in [-0.25, -0.2) is 4.99 Å². The molecule has 2 aliphatic carbocycles. The number of guanidine groups is 1. The molecule has 1 spiro atoms. The topological polar surface area (TPSA) is 67.5 Å². The Kier molecular flexibility index (Phi) is 2.08. The fraction of sp³-hybridized carbons (Fsp3) is 0.467. The van der Waals surface area contributed by atoms with Gasteiger partial charge >= 0.3 is 0 Å². The second-order valence-electron chi connectivity index (χ2n) is 5.92. The summed E-state index contributed by atoms with van der Waals surface area (Å²) in [5, 5.41) is 2.72. The van der Waals surface area contributed by atoms with E-state index in [1.807, 2.05) is 0 Å². The Balaban J connectivity index is 1.84. The van der Waals surface area contributed by atoms with Crippen LogP contribution in [0.1, 0.15) is 24.0 Å². The summed E-state index contributed by atoms with van der Waals surface area (Å²) in [6, 6.07) is 8.53. The molecule has 98 valence electrons. The standard InChI is InChI=1S/C15H17N3O/c16-14-17-13(19)15(18-14)11-5-6-12(15)8-10-4-2-1-3-9(10)7-11/h1-4,11-12H,5-8H2,(H3,16,17,18,19). The number of nitrogens with zero attached hydrogens (tertiary/aromatic N) is 1. The van der Waals surface area contributed by atoms with Crippen LogP contribution in [0.25, 0.3) is 0 Å². The minimum Gasteiger partial charge on any atom is -0.370 e. The molecule has 1 heterocycles. The second-order valence-corrected chi connectivity index (χ2v) is 5.92. The van der Waals surface area contributed by atoms with Gasteiger partial charge in [0.2, 0.25) is 0 Å². The van der Waals surface area contributed by atoms with E-state index in [9.17, 15) is 4.79 Å². The van der Waals surface area contributed by atoms with Crippen LogP contribution in [0.2, 0.25) is 0 Å². The number of nitrogens with one attached hydrogen (secondary N) is 1. The number of rotatable bonds is 0. The van der Waals surface area contributed by atoms with E-state index >= 15 is 0 Å². The number of benzene rings is 1. The number of aliphatic imine (C=N–C) groups is 1. The molecule has 19 heavy (non-hydrogen) atoms. The highest BCUT2D eigenvalue weighted by Gasteiger charge is 2.59. The Morgan fingerprint density at radius 3 is 2.21 bits per heavy atom. The van der Waals surface area contributed by atoms with Crippen LogP contribution in [0.5, 0.6) is 0 Å². The van der Waals surface area contributed by atoms with Crippen molar-refractivity contribution in [2.75, 3.05) is 0 Å². The van der Waals surface area contributed by atoms with Crippen LogP contribution in [0.15, 0.2) is 29.3 Å². The summed E-state index contributed by atoms with van der Waals surface area (Å²) in [6.45, 7) is 0. The molecule has 0 radical (unpaired) electrons. The molecule has 4 nitrogen and oxygen atoms in total. The number of fused-ring (bicyclic) bond motifs is 1. The molecule has 1 amide bonds. The number of hydrogen-bond donors (Lipinski definition) is 2. The normalized spacial score (nSPS) is 35.8. The molecule has 1 aliphatic heterocycles. The maximum absolute atomic E-state index is 12.4. The molecular weight excluding hydrogens is 238 g/mol. The first-order valence-electron chi connectivity index (χ1n) is 6.93. The van der Waals surface area contributed by atoms with Crippen molar-refractivity contribution in [2.24, 2.45) is 22.6 Å². The Labute approximate surface area is 112 Å². The minimum absolute atomic E-state index is 0.0188. The summed E-state index contributed by atoms with van der Waals surface area (Å²) < 4.78 is 0. The van der Waals surface area contributed by atoms with Crippen LogP contribution >= 0.6 is 0 Å². The first-order chi connectivity index (χ1) is 9.20. The van der Waals surface area contributed by atoms with Crippen molar-refractivity contribution >= 4 is 11.9 Å². The van der Waals surface area contributed by atoms with Crippen LogP contribution < -0.4 is 11.1 Å². The third-order valence-electron chi connectivity index (χ3n) is 5.07. The zero-order valence-electron chi connectivity index (χ0n) is 10.7. The van der Waals surface area contributed by atoms with Crippen molar-refractivity contribution in [2.45, 2.75) is 31.2 Å². The van der Waals surface area contributed by atoms with E-state index in [4.69, 9.17) is 5.73 Å². The van der Waals surface area contributed by atoms with Crippen LogP contribution in [0, 0.1) is 11.8 Å². The monoisotopic (exact) mass is 255 g/mol. The molecule has 4 heteroatoms. The predicted octanol–water partition coefficient (Wildman–Crippen LogP) is 0.995. The Hall–Kier alpha value is -1.84. The molecule has 2 atom stereocenters. The molecule has 1 aromatic carbocycles. The van der Waals surface area contributed by atoms with Gasteiger partial charge in [-0.05, 0) is 48.6 Å². The van der Waals surface area contributed by atoms with Crippen molar-refractivity contribution in [1.82, 2.24) is 5.32 Å². The van der Waals surface area contributed by atoms with Gasteiger partial charge in [0.25, 0.3) is 5.91 Å². The molecule has 3 aliphatic rings. The van der Waals surface area contributed by atoms with E-state index in [0.717, 1.165) is 25.7 Å². The molecule has 1 fully saturated rings. The third kappa shape index (κ3) is 1.34. The molecule has 1 aromatic rings. The summed E-state index contributed by atoms with van der Waals surface area (Å²) in [4.78, 5) is 17.0. The van der Waals surface area contributed by atoms with Crippen LogP contribution in [-0.4, -0.2) is 17.4 Å². The molecule has 3 N–H and O–H groups in total. The fourth-order valence-electron chi connectivity index (χ4n) is 4.23. The maximum atomic E-state index is 12.4. The number of amides is 1. The first kappa shape index (κ1) is 11.0. The summed E-state index contributed by atoms with van der Waals surface area (Å²) in [5.74, 6) is 0.905. The van der Waals surface area contributed by atoms with Crippen molar-refractivity contribution in [3.05, 3.63) is 35.4 Å². The van der Waals surface area contributed by atoms with Crippen LogP contribution in [0.4, 0.5) is 0 Å². The van der Waals surface area contributed by atoms with Gasteiger partial charge < -0.3 is 5.73 Å². The lowest BCUT2D eigenvalue weighted by atomic mass is 9.79. The molecule has 2 bridgehead atoms. The Morgan fingerprint density at radius 1 is 1.16 bits per heavy atom. The number of hydrogen-bond acceptors (Lipinski definition) is 3. The zero-order chi connectivity index (χ0) is 13.0. The van der Waals surface area contributed by atoms with E-state index in [1.165, 1.54) is 11.1 Å². The van der Waals surface area contributed by atoms with E-state index in [0.29, 0.717) is 17.8 Å². The molecular formula is C15H17N3O. The molecule has 0 aromatic heterocycles. The quantitative estimate of drug-likeness (QED) is 0.726. The number of carbonyl (C=O) groups is 1. The molecule has 2 unspecified atom stereocenters. The van der Waals surface area contributed by atoms with Crippen molar-refractivity contribution < 1.29 is 4.79 Å². The van der Waals surface area contributed by atoms with E-state index in [1.54, 1.807) is 0 Å². The number of nitrogens with two attached hydrogens (primary N) is 1. The highest BCUT2D eigenvalue weighted by atomic mass is 16.2. The highest BCUT2D eigenvalue weighted by molar-refractivity contribution is 6.07. The smallest absolute Gasteiger partial charge is 0.255 e. The van der Waals surface area contributed by atoms with E-state index < -0.39 is 5.54 Å². The average molecular weight is 255 g/mol. The van der Waals surface area contributed by atoms with Gasteiger partial charge in [-0.3, -0.25) is 10.1 Å². The lowest BCUT2D eigenvalue weighted by Gasteiger charge is -2.28. The highest BCUT2D eigenvalue weighted by Crippen LogP contribution is 2.50. The van der Waals surface area contributed by atoms with Crippen molar-refractivity contribution in [3.63, 3.8) is 0 Å². The maximum Gasteiger partial charge on any atom is 0.255 e.